The summed E-state index contributed by atoms with van der Waals surface area (Å²) in [5.74, 6) is 0.596. The van der Waals surface area contributed by atoms with Crippen molar-refractivity contribution in [2.24, 2.45) is 0 Å². The van der Waals surface area contributed by atoms with E-state index >= 15 is 0 Å². The highest BCUT2D eigenvalue weighted by Gasteiger charge is 2.11. The number of hydrogen-bond acceptors (Lipinski definition) is 3. The Labute approximate surface area is 102 Å². The molecule has 4 heteroatoms. The standard InChI is InChI=1S/C13H20N4/c1-4-6-10-8-11-12(14)16-17(7-5-2)13(11)15-9(10)3/h8H,4-7H2,1-3H3,(H2,14,16). The molecule has 92 valence electrons. The molecule has 0 aliphatic heterocycles. The Morgan fingerprint density at radius 1 is 1.29 bits per heavy atom. The van der Waals surface area contributed by atoms with E-state index in [2.05, 4.69) is 36.9 Å². The van der Waals surface area contributed by atoms with Crippen LogP contribution in [0.15, 0.2) is 6.07 Å². The molecule has 0 spiro atoms. The molecule has 0 saturated heterocycles. The lowest BCUT2D eigenvalue weighted by Crippen LogP contribution is -2.02. The van der Waals surface area contributed by atoms with Gasteiger partial charge in [0.2, 0.25) is 0 Å². The summed E-state index contributed by atoms with van der Waals surface area (Å²) in [4.78, 5) is 4.65. The molecular weight excluding hydrogens is 212 g/mol. The molecule has 2 aromatic heterocycles. The van der Waals surface area contributed by atoms with Crippen molar-refractivity contribution in [3.63, 3.8) is 0 Å². The van der Waals surface area contributed by atoms with Crippen molar-refractivity contribution in [3.8, 4) is 0 Å². The van der Waals surface area contributed by atoms with Crippen LogP contribution in [0, 0.1) is 6.92 Å². The lowest BCUT2D eigenvalue weighted by atomic mass is 10.1. The zero-order valence-corrected chi connectivity index (χ0v) is 10.8. The highest BCUT2D eigenvalue weighted by Crippen LogP contribution is 2.22. The molecule has 4 nitrogen and oxygen atoms in total. The first-order valence-corrected chi connectivity index (χ1v) is 6.29. The third-order valence-electron chi connectivity index (χ3n) is 3.00. The van der Waals surface area contributed by atoms with E-state index in [0.29, 0.717) is 5.82 Å². The second kappa shape index (κ2) is 4.73. The molecule has 17 heavy (non-hydrogen) atoms. The topological polar surface area (TPSA) is 56.7 Å². The van der Waals surface area contributed by atoms with E-state index < -0.39 is 0 Å². The first-order valence-electron chi connectivity index (χ1n) is 6.29. The van der Waals surface area contributed by atoms with E-state index in [-0.39, 0.29) is 0 Å². The summed E-state index contributed by atoms with van der Waals surface area (Å²) in [6.07, 6.45) is 3.21. The maximum Gasteiger partial charge on any atom is 0.160 e. The Morgan fingerprint density at radius 3 is 2.71 bits per heavy atom. The molecule has 0 fully saturated rings. The fourth-order valence-corrected chi connectivity index (χ4v) is 2.14. The van der Waals surface area contributed by atoms with Crippen LogP contribution in [-0.2, 0) is 13.0 Å². The number of rotatable bonds is 4. The van der Waals surface area contributed by atoms with Gasteiger partial charge in [-0.3, -0.25) is 0 Å². The molecule has 0 aliphatic carbocycles. The molecule has 2 aromatic rings. The monoisotopic (exact) mass is 232 g/mol. The van der Waals surface area contributed by atoms with Gasteiger partial charge in [-0.1, -0.05) is 20.3 Å². The predicted octanol–water partition coefficient (Wildman–Crippen LogP) is 2.68. The summed E-state index contributed by atoms with van der Waals surface area (Å²) in [7, 11) is 0. The zero-order valence-electron chi connectivity index (χ0n) is 10.8. The van der Waals surface area contributed by atoms with Gasteiger partial charge in [-0.05, 0) is 31.4 Å². The van der Waals surface area contributed by atoms with Crippen molar-refractivity contribution in [1.29, 1.82) is 0 Å². The minimum atomic E-state index is 0.596. The van der Waals surface area contributed by atoms with Crippen LogP contribution in [0.1, 0.15) is 37.9 Å². The van der Waals surface area contributed by atoms with Crippen molar-refractivity contribution in [2.45, 2.75) is 46.6 Å². The number of nitrogen functional groups attached to an aromatic ring is 1. The summed E-state index contributed by atoms with van der Waals surface area (Å²) in [5.41, 5.74) is 9.24. The Bertz CT molecular complexity index is 528. The summed E-state index contributed by atoms with van der Waals surface area (Å²) in [6.45, 7) is 7.23. The fourth-order valence-electron chi connectivity index (χ4n) is 2.14. The maximum atomic E-state index is 5.95. The lowest BCUT2D eigenvalue weighted by Gasteiger charge is -2.05. The van der Waals surface area contributed by atoms with Gasteiger partial charge >= 0.3 is 0 Å². The molecular formula is C13H20N4. The van der Waals surface area contributed by atoms with Crippen LogP contribution in [0.5, 0.6) is 0 Å². The minimum absolute atomic E-state index is 0.596. The zero-order chi connectivity index (χ0) is 12.4. The molecule has 0 unspecified atom stereocenters. The van der Waals surface area contributed by atoms with E-state index in [4.69, 9.17) is 5.73 Å². The SMILES string of the molecule is CCCc1cc2c(N)nn(CCC)c2nc1C. The average Bonchev–Trinajstić information content (AvgIpc) is 2.58. The number of nitrogens with two attached hydrogens (primary N) is 1. The minimum Gasteiger partial charge on any atom is -0.382 e. The van der Waals surface area contributed by atoms with Crippen molar-refractivity contribution in [1.82, 2.24) is 14.8 Å². The fraction of sp³-hybridized carbons (Fsp3) is 0.538. The Morgan fingerprint density at radius 2 is 2.06 bits per heavy atom. The molecule has 0 atom stereocenters. The number of hydrogen-bond donors (Lipinski definition) is 1. The van der Waals surface area contributed by atoms with Crippen LogP contribution < -0.4 is 5.73 Å². The molecule has 2 rings (SSSR count). The number of nitrogens with zero attached hydrogens (tertiary/aromatic N) is 3. The highest BCUT2D eigenvalue weighted by molar-refractivity contribution is 5.87. The van der Waals surface area contributed by atoms with Crippen molar-refractivity contribution in [3.05, 3.63) is 17.3 Å². The Hall–Kier alpha value is -1.58. The summed E-state index contributed by atoms with van der Waals surface area (Å²) < 4.78 is 1.91. The van der Waals surface area contributed by atoms with Gasteiger partial charge in [0.05, 0.1) is 5.39 Å². The lowest BCUT2D eigenvalue weighted by molar-refractivity contribution is 0.619. The normalized spacial score (nSPS) is 11.2. The smallest absolute Gasteiger partial charge is 0.160 e. The Balaban J connectivity index is 2.58. The van der Waals surface area contributed by atoms with Crippen molar-refractivity contribution >= 4 is 16.9 Å². The van der Waals surface area contributed by atoms with Gasteiger partial charge < -0.3 is 5.73 Å². The van der Waals surface area contributed by atoms with Crippen LogP contribution >= 0.6 is 0 Å². The van der Waals surface area contributed by atoms with Gasteiger partial charge in [0.25, 0.3) is 0 Å². The average molecular weight is 232 g/mol. The van der Waals surface area contributed by atoms with Crippen molar-refractivity contribution < 1.29 is 0 Å². The molecule has 0 saturated carbocycles. The van der Waals surface area contributed by atoms with E-state index in [1.54, 1.807) is 0 Å². The second-order valence-corrected chi connectivity index (χ2v) is 4.46. The van der Waals surface area contributed by atoms with E-state index in [1.807, 2.05) is 4.68 Å². The molecule has 2 heterocycles. The van der Waals surface area contributed by atoms with Gasteiger partial charge in [0.1, 0.15) is 0 Å². The quantitative estimate of drug-likeness (QED) is 0.881. The van der Waals surface area contributed by atoms with E-state index in [9.17, 15) is 0 Å². The van der Waals surface area contributed by atoms with Gasteiger partial charge in [-0.25, -0.2) is 9.67 Å². The first kappa shape index (κ1) is 11.9. The number of pyridine rings is 1. The highest BCUT2D eigenvalue weighted by atomic mass is 15.3. The van der Waals surface area contributed by atoms with Gasteiger partial charge in [0.15, 0.2) is 11.5 Å². The first-order chi connectivity index (χ1) is 8.17. The van der Waals surface area contributed by atoms with E-state index in [1.165, 1.54) is 5.56 Å². The van der Waals surface area contributed by atoms with Gasteiger partial charge in [-0.15, -0.1) is 0 Å². The molecule has 0 radical (unpaired) electrons. The molecule has 0 aromatic carbocycles. The van der Waals surface area contributed by atoms with Gasteiger partial charge in [0, 0.05) is 12.2 Å². The number of aryl methyl sites for hydroxylation is 3. The van der Waals surface area contributed by atoms with Gasteiger partial charge in [-0.2, -0.15) is 5.10 Å². The van der Waals surface area contributed by atoms with E-state index in [0.717, 1.165) is 42.5 Å². The van der Waals surface area contributed by atoms with Crippen molar-refractivity contribution in [2.75, 3.05) is 5.73 Å². The van der Waals surface area contributed by atoms with Crippen LogP contribution in [0.2, 0.25) is 0 Å². The van der Waals surface area contributed by atoms with Crippen LogP contribution in [-0.4, -0.2) is 14.8 Å². The molecule has 0 aliphatic rings. The predicted molar refractivity (Wildman–Crippen MR) is 71.0 cm³/mol. The second-order valence-electron chi connectivity index (χ2n) is 4.46. The number of fused-ring (bicyclic) bond motifs is 1. The van der Waals surface area contributed by atoms with Crippen LogP contribution in [0.4, 0.5) is 5.82 Å². The number of anilines is 1. The summed E-state index contributed by atoms with van der Waals surface area (Å²) >= 11 is 0. The number of aromatic nitrogens is 3. The molecule has 2 N–H and O–H groups in total. The molecule has 0 amide bonds. The van der Waals surface area contributed by atoms with Crippen LogP contribution in [0.3, 0.4) is 0 Å². The largest absolute Gasteiger partial charge is 0.382 e. The molecule has 0 bridgehead atoms. The summed E-state index contributed by atoms with van der Waals surface area (Å²) in [6, 6.07) is 2.15. The maximum absolute atomic E-state index is 5.95. The third kappa shape index (κ3) is 2.12. The Kier molecular flexibility index (Phi) is 3.31. The third-order valence-corrected chi connectivity index (χ3v) is 3.00. The van der Waals surface area contributed by atoms with Crippen LogP contribution in [0.25, 0.3) is 11.0 Å². The summed E-state index contributed by atoms with van der Waals surface area (Å²) in [5, 5.41) is 5.35.